The van der Waals surface area contributed by atoms with Crippen molar-refractivity contribution in [3.63, 3.8) is 0 Å². The molecule has 0 radical (unpaired) electrons. The Labute approximate surface area is 156 Å². The van der Waals surface area contributed by atoms with Gasteiger partial charge in [0.25, 0.3) is 0 Å². The molecule has 2 heterocycles. The molecule has 2 nitrogen and oxygen atoms in total. The van der Waals surface area contributed by atoms with E-state index in [2.05, 4.69) is 68.6 Å². The van der Waals surface area contributed by atoms with Gasteiger partial charge in [0.05, 0.1) is 0 Å². The Kier molecular flexibility index (Phi) is 5.62. The molecule has 0 aliphatic rings. The van der Waals surface area contributed by atoms with Crippen LogP contribution in [0.2, 0.25) is 0 Å². The predicted octanol–water partition coefficient (Wildman–Crippen LogP) is 4.48. The van der Waals surface area contributed by atoms with Crippen LogP contribution in [-0.2, 0) is 5.33 Å². The molecule has 0 unspecified atom stereocenters. The van der Waals surface area contributed by atoms with Crippen molar-refractivity contribution in [2.24, 2.45) is 0 Å². The lowest BCUT2D eigenvalue weighted by atomic mass is 9.99. The molecule has 0 aliphatic carbocycles. The minimum atomic E-state index is 0.765. The smallest absolute Gasteiger partial charge is 0.0293 e. The summed E-state index contributed by atoms with van der Waals surface area (Å²) in [6.07, 6.45) is 6.99. The number of hydrogen-bond acceptors (Lipinski definition) is 2. The van der Waals surface area contributed by atoms with E-state index in [0.717, 1.165) is 38.7 Å². The quantitative estimate of drug-likeness (QED) is 0.455. The van der Waals surface area contributed by atoms with Crippen molar-refractivity contribution >= 4 is 15.9 Å². The van der Waals surface area contributed by atoms with Gasteiger partial charge in [0.15, 0.2) is 0 Å². The first-order valence-electron chi connectivity index (χ1n) is 7.80. The van der Waals surface area contributed by atoms with E-state index >= 15 is 0 Å². The molecule has 1 aromatic carbocycles. The fourth-order valence-electron chi connectivity index (χ4n) is 2.26. The van der Waals surface area contributed by atoms with Gasteiger partial charge in [-0.25, -0.2) is 0 Å². The maximum absolute atomic E-state index is 4.02. The third kappa shape index (κ3) is 4.57. The van der Waals surface area contributed by atoms with E-state index in [9.17, 15) is 0 Å². The van der Waals surface area contributed by atoms with Gasteiger partial charge in [-0.3, -0.25) is 9.97 Å². The van der Waals surface area contributed by atoms with Crippen molar-refractivity contribution in [3.8, 4) is 23.7 Å². The highest BCUT2D eigenvalue weighted by Crippen LogP contribution is 2.18. The maximum atomic E-state index is 4.02. The Morgan fingerprint density at radius 3 is 1.60 bits per heavy atom. The Balaban J connectivity index is 2.01. The number of benzene rings is 1. The fraction of sp³-hybridized carbons (Fsp3) is 0.0909. The molecule has 0 fully saturated rings. The van der Waals surface area contributed by atoms with Crippen molar-refractivity contribution in [1.29, 1.82) is 0 Å². The van der Waals surface area contributed by atoms with E-state index < -0.39 is 0 Å². The minimum absolute atomic E-state index is 0.765. The second-order valence-corrected chi connectivity index (χ2v) is 5.98. The van der Waals surface area contributed by atoms with Crippen LogP contribution in [0.5, 0.6) is 0 Å². The van der Waals surface area contributed by atoms with Gasteiger partial charge < -0.3 is 0 Å². The van der Waals surface area contributed by atoms with Gasteiger partial charge in [-0.15, -0.1) is 0 Å². The summed E-state index contributed by atoms with van der Waals surface area (Å²) < 4.78 is 0. The van der Waals surface area contributed by atoms with E-state index in [1.807, 2.05) is 24.3 Å². The molecule has 3 rings (SSSR count). The second kappa shape index (κ2) is 8.29. The third-order valence-electron chi connectivity index (χ3n) is 3.67. The van der Waals surface area contributed by atoms with Gasteiger partial charge in [0.1, 0.15) is 0 Å². The zero-order valence-corrected chi connectivity index (χ0v) is 15.3. The normalized spacial score (nSPS) is 9.52. The summed E-state index contributed by atoms with van der Waals surface area (Å²) in [6, 6.07) is 11.8. The molecule has 0 saturated carbocycles. The molecule has 0 amide bonds. The number of nitrogens with zero attached hydrogens (tertiary/aromatic N) is 2. The van der Waals surface area contributed by atoms with E-state index in [1.165, 1.54) is 0 Å². The van der Waals surface area contributed by atoms with Crippen LogP contribution in [0.15, 0.2) is 61.2 Å². The summed E-state index contributed by atoms with van der Waals surface area (Å²) in [5.74, 6) is 12.9. The van der Waals surface area contributed by atoms with Gasteiger partial charge in [0, 0.05) is 52.4 Å². The second-order valence-electron chi connectivity index (χ2n) is 5.42. The summed E-state index contributed by atoms with van der Waals surface area (Å²) >= 11 is 3.53. The van der Waals surface area contributed by atoms with Crippen molar-refractivity contribution < 1.29 is 0 Å². The first kappa shape index (κ1) is 17.0. The van der Waals surface area contributed by atoms with Crippen LogP contribution >= 0.6 is 15.9 Å². The average Bonchev–Trinajstić information content (AvgIpc) is 2.68. The zero-order valence-electron chi connectivity index (χ0n) is 13.8. The molecule has 0 atom stereocenters. The van der Waals surface area contributed by atoms with Crippen LogP contribution in [0.25, 0.3) is 0 Å². The van der Waals surface area contributed by atoms with Gasteiger partial charge in [-0.1, -0.05) is 39.6 Å². The van der Waals surface area contributed by atoms with Crippen LogP contribution in [0.3, 0.4) is 0 Å². The largest absolute Gasteiger partial charge is 0.265 e. The minimum Gasteiger partial charge on any atom is -0.265 e. The topological polar surface area (TPSA) is 25.8 Å². The number of halogens is 1. The number of pyridine rings is 2. The Morgan fingerprint density at radius 1 is 0.760 bits per heavy atom. The molecule has 120 valence electrons. The molecule has 0 aliphatic heterocycles. The van der Waals surface area contributed by atoms with Crippen LogP contribution in [-0.4, -0.2) is 9.97 Å². The van der Waals surface area contributed by atoms with Gasteiger partial charge >= 0.3 is 0 Å². The Hall–Kier alpha value is -2.88. The highest BCUT2D eigenvalue weighted by Gasteiger charge is 2.04. The van der Waals surface area contributed by atoms with Crippen LogP contribution < -0.4 is 0 Å². The molecule has 0 bridgehead atoms. The first-order chi connectivity index (χ1) is 12.3. The summed E-state index contributed by atoms with van der Waals surface area (Å²) in [4.78, 5) is 8.03. The Morgan fingerprint density at radius 2 is 1.20 bits per heavy atom. The third-order valence-corrected chi connectivity index (χ3v) is 4.31. The van der Waals surface area contributed by atoms with Crippen molar-refractivity contribution in [2.45, 2.75) is 12.3 Å². The fourth-order valence-corrected chi connectivity index (χ4v) is 2.58. The van der Waals surface area contributed by atoms with Crippen LogP contribution in [0, 0.1) is 30.6 Å². The molecule has 0 spiro atoms. The summed E-state index contributed by atoms with van der Waals surface area (Å²) in [5.41, 5.74) is 6.13. The maximum Gasteiger partial charge on any atom is 0.0293 e. The zero-order chi connectivity index (χ0) is 17.5. The van der Waals surface area contributed by atoms with E-state index in [0.29, 0.717) is 0 Å². The van der Waals surface area contributed by atoms with Gasteiger partial charge in [0.2, 0.25) is 0 Å². The predicted molar refractivity (Wildman–Crippen MR) is 104 cm³/mol. The molecule has 25 heavy (non-hydrogen) atoms. The first-order valence-corrected chi connectivity index (χ1v) is 8.92. The van der Waals surface area contributed by atoms with Crippen LogP contribution in [0.4, 0.5) is 0 Å². The number of aromatic nitrogens is 2. The molecular weight excluding hydrogens is 372 g/mol. The number of alkyl halides is 1. The molecule has 0 saturated heterocycles. The lowest BCUT2D eigenvalue weighted by molar-refractivity contribution is 1.31. The summed E-state index contributed by atoms with van der Waals surface area (Å²) in [6.45, 7) is 2.06. The molecule has 3 heteroatoms. The highest BCUT2D eigenvalue weighted by atomic mass is 79.9. The molecule has 2 aromatic heterocycles. The summed E-state index contributed by atoms with van der Waals surface area (Å²) in [5, 5.41) is 0.765. The monoisotopic (exact) mass is 386 g/mol. The van der Waals surface area contributed by atoms with Gasteiger partial charge in [-0.05, 0) is 54.4 Å². The summed E-state index contributed by atoms with van der Waals surface area (Å²) in [7, 11) is 0. The number of hydrogen-bond donors (Lipinski definition) is 0. The molecule has 3 aromatic rings. The SMILES string of the molecule is Cc1c(C#Cc2ccncc2)cc(CBr)cc1C#Cc1ccncc1. The lowest BCUT2D eigenvalue weighted by Gasteiger charge is -2.05. The van der Waals surface area contributed by atoms with Crippen molar-refractivity contribution in [3.05, 3.63) is 94.6 Å². The van der Waals surface area contributed by atoms with Crippen LogP contribution in [0.1, 0.15) is 33.4 Å². The van der Waals surface area contributed by atoms with E-state index in [4.69, 9.17) is 0 Å². The van der Waals surface area contributed by atoms with Crippen molar-refractivity contribution in [2.75, 3.05) is 0 Å². The standard InChI is InChI=1S/C22H15BrN2/c1-17-21(4-2-18-6-10-24-11-7-18)14-20(16-23)15-22(17)5-3-19-8-12-25-13-9-19/h6-15H,16H2,1H3. The number of rotatable bonds is 1. The van der Waals surface area contributed by atoms with Gasteiger partial charge in [-0.2, -0.15) is 0 Å². The van der Waals surface area contributed by atoms with E-state index in [-0.39, 0.29) is 0 Å². The lowest BCUT2D eigenvalue weighted by Crippen LogP contribution is -1.92. The highest BCUT2D eigenvalue weighted by molar-refractivity contribution is 9.08. The molecule has 0 N–H and O–H groups in total. The van der Waals surface area contributed by atoms with E-state index in [1.54, 1.807) is 24.8 Å². The molecular formula is C22H15BrN2. The Bertz CT molecular complexity index is 910. The van der Waals surface area contributed by atoms with Crippen molar-refractivity contribution in [1.82, 2.24) is 9.97 Å². The average molecular weight is 387 g/mol.